The number of benzene rings is 2. The summed E-state index contributed by atoms with van der Waals surface area (Å²) < 4.78 is 5.30. The molecule has 0 fully saturated rings. The van der Waals surface area contributed by atoms with E-state index >= 15 is 0 Å². The highest BCUT2D eigenvalue weighted by Gasteiger charge is 2.09. The van der Waals surface area contributed by atoms with Gasteiger partial charge in [0.15, 0.2) is 5.84 Å². The first-order chi connectivity index (χ1) is 13.5. The molecule has 12 nitrogen and oxygen atoms in total. The van der Waals surface area contributed by atoms with Crippen LogP contribution in [0.15, 0.2) is 58.7 Å². The highest BCUT2D eigenvalue weighted by atomic mass is 16.6. The summed E-state index contributed by atoms with van der Waals surface area (Å²) in [4.78, 5) is 19.0. The second-order valence-corrected chi connectivity index (χ2v) is 5.09. The van der Waals surface area contributed by atoms with Crippen molar-refractivity contribution in [2.75, 3.05) is 13.2 Å². The van der Waals surface area contributed by atoms with Gasteiger partial charge in [-0.15, -0.1) is 0 Å². The molecular weight excluding hydrogens is 372 g/mol. The number of hydrogen-bond acceptors (Lipinski definition) is 10. The lowest BCUT2D eigenvalue weighted by molar-refractivity contribution is -0.389. The summed E-state index contributed by atoms with van der Waals surface area (Å²) >= 11 is 0. The van der Waals surface area contributed by atoms with Crippen molar-refractivity contribution < 1.29 is 19.7 Å². The molecule has 0 saturated carbocycles. The first-order valence-corrected chi connectivity index (χ1v) is 7.85. The molecule has 2 aromatic carbocycles. The third kappa shape index (κ3) is 6.03. The Labute approximate surface area is 158 Å². The van der Waals surface area contributed by atoms with E-state index in [1.54, 1.807) is 0 Å². The number of nitrogens with one attached hydrogen (secondary N) is 2. The zero-order valence-corrected chi connectivity index (χ0v) is 14.4. The van der Waals surface area contributed by atoms with Crippen molar-refractivity contribution in [1.82, 2.24) is 10.9 Å². The highest BCUT2D eigenvalue weighted by Crippen LogP contribution is 2.16. The summed E-state index contributed by atoms with van der Waals surface area (Å²) in [6.07, 6.45) is 1.45. The first-order valence-electron chi connectivity index (χ1n) is 7.85. The minimum atomic E-state index is -0.607. The number of hydrazone groups is 2. The molecular formula is C16H16N6O6. The van der Waals surface area contributed by atoms with Crippen LogP contribution in [0.1, 0.15) is 5.56 Å². The summed E-state index contributed by atoms with van der Waals surface area (Å²) in [7, 11) is 0. The van der Waals surface area contributed by atoms with Gasteiger partial charge in [0.1, 0.15) is 18.7 Å². The number of amidine groups is 1. The topological polar surface area (TPSA) is 165 Å². The van der Waals surface area contributed by atoms with Gasteiger partial charge in [-0.1, -0.05) is 12.1 Å². The smallest absolute Gasteiger partial charge is 0.269 e. The number of aliphatic hydroxyl groups is 1. The largest absolute Gasteiger partial charge is 0.491 e. The number of aliphatic hydroxyl groups excluding tert-OH is 1. The molecule has 0 aromatic heterocycles. The van der Waals surface area contributed by atoms with Gasteiger partial charge in [0.2, 0.25) is 0 Å². The molecule has 3 N–H and O–H groups in total. The van der Waals surface area contributed by atoms with Gasteiger partial charge in [-0.2, -0.15) is 10.2 Å². The number of nitro groups is 2. The molecule has 1 aliphatic rings. The fourth-order valence-electron chi connectivity index (χ4n) is 1.96. The molecule has 1 aliphatic heterocycles. The highest BCUT2D eigenvalue weighted by molar-refractivity contribution is 6.00. The molecule has 28 heavy (non-hydrogen) atoms. The Morgan fingerprint density at radius 2 is 1.68 bits per heavy atom. The van der Waals surface area contributed by atoms with E-state index in [9.17, 15) is 20.2 Å². The number of rotatable bonds is 6. The number of ether oxygens (including phenoxy) is 1. The zero-order valence-electron chi connectivity index (χ0n) is 14.4. The maximum absolute atomic E-state index is 10.1. The quantitative estimate of drug-likeness (QED) is 0.493. The average molecular weight is 388 g/mol. The molecule has 0 atom stereocenters. The van der Waals surface area contributed by atoms with Gasteiger partial charge in [0.25, 0.3) is 11.4 Å². The molecule has 3 rings (SSSR count). The van der Waals surface area contributed by atoms with Crippen molar-refractivity contribution in [2.24, 2.45) is 10.2 Å². The Morgan fingerprint density at radius 1 is 1.04 bits per heavy atom. The lowest BCUT2D eigenvalue weighted by Gasteiger charge is -2.10. The minimum absolute atomic E-state index is 0.00469. The molecule has 0 bridgehead atoms. The maximum atomic E-state index is 10.1. The van der Waals surface area contributed by atoms with Crippen LogP contribution >= 0.6 is 0 Å². The monoisotopic (exact) mass is 388 g/mol. The van der Waals surface area contributed by atoms with Gasteiger partial charge in [-0.3, -0.25) is 31.1 Å². The molecule has 1 heterocycles. The molecule has 0 spiro atoms. The SMILES string of the molecule is O=[N+]([O-])c1ccc([N+](=O)[O-])cc1.OCCOc1cccc(C2=NNC=NN2)c1. The number of hydrogen-bond donors (Lipinski definition) is 3. The lowest BCUT2D eigenvalue weighted by atomic mass is 10.2. The fourth-order valence-corrected chi connectivity index (χ4v) is 1.96. The summed E-state index contributed by atoms with van der Waals surface area (Å²) in [6.45, 7) is 0.273. The Bertz CT molecular complexity index is 850. The van der Waals surface area contributed by atoms with Crippen molar-refractivity contribution in [1.29, 1.82) is 0 Å². The maximum Gasteiger partial charge on any atom is 0.269 e. The van der Waals surface area contributed by atoms with Crippen LogP contribution < -0.4 is 15.6 Å². The molecule has 0 radical (unpaired) electrons. The van der Waals surface area contributed by atoms with Crippen LogP contribution in [0.5, 0.6) is 5.75 Å². The molecule has 146 valence electrons. The second kappa shape index (κ2) is 10.2. The van der Waals surface area contributed by atoms with Crippen LogP contribution in [0.4, 0.5) is 11.4 Å². The van der Waals surface area contributed by atoms with Crippen molar-refractivity contribution >= 4 is 23.5 Å². The van der Waals surface area contributed by atoms with Crippen molar-refractivity contribution in [3.8, 4) is 5.75 Å². The van der Waals surface area contributed by atoms with E-state index in [0.717, 1.165) is 29.8 Å². The molecule has 0 saturated heterocycles. The number of non-ortho nitro benzene ring substituents is 2. The standard InChI is InChI=1S/C10H12N4O2.C6H4N2O4/c15-4-5-16-9-3-1-2-8(6-9)10-13-11-7-12-14-10;9-7(10)5-1-2-6(4-3-5)8(11)12/h1-3,6-7,15H,4-5H2,(H,11,12)(H,13,14);1-4H. The fraction of sp³-hybridized carbons (Fsp3) is 0.125. The molecule has 0 aliphatic carbocycles. The van der Waals surface area contributed by atoms with E-state index in [1.807, 2.05) is 24.3 Å². The third-order valence-corrected chi connectivity index (χ3v) is 3.21. The molecule has 0 unspecified atom stereocenters. The first kappa shape index (κ1) is 20.3. The number of nitrogens with zero attached hydrogens (tertiary/aromatic N) is 4. The predicted molar refractivity (Wildman–Crippen MR) is 100 cm³/mol. The van der Waals surface area contributed by atoms with Gasteiger partial charge in [0, 0.05) is 29.8 Å². The predicted octanol–water partition coefficient (Wildman–Crippen LogP) is 1.36. The molecule has 2 aromatic rings. The Hall–Kier alpha value is -4.06. The summed E-state index contributed by atoms with van der Waals surface area (Å²) in [5.41, 5.74) is 5.98. The molecule has 0 amide bonds. The van der Waals surface area contributed by atoms with Crippen LogP contribution in [0.25, 0.3) is 0 Å². The van der Waals surface area contributed by atoms with Crippen molar-refractivity contribution in [3.05, 3.63) is 74.3 Å². The summed E-state index contributed by atoms with van der Waals surface area (Å²) in [6, 6.07) is 11.8. The second-order valence-electron chi connectivity index (χ2n) is 5.09. The normalized spacial score (nSPS) is 11.8. The van der Waals surface area contributed by atoms with Gasteiger partial charge < -0.3 is 9.84 Å². The Morgan fingerprint density at radius 3 is 2.18 bits per heavy atom. The van der Waals surface area contributed by atoms with E-state index in [1.165, 1.54) is 6.34 Å². The van der Waals surface area contributed by atoms with E-state index < -0.39 is 9.85 Å². The Kier molecular flexibility index (Phi) is 7.36. The van der Waals surface area contributed by atoms with E-state index in [4.69, 9.17) is 9.84 Å². The van der Waals surface area contributed by atoms with E-state index in [-0.39, 0.29) is 24.6 Å². The van der Waals surface area contributed by atoms with E-state index in [0.29, 0.717) is 11.6 Å². The van der Waals surface area contributed by atoms with Gasteiger partial charge in [-0.05, 0) is 12.1 Å². The van der Waals surface area contributed by atoms with Gasteiger partial charge >= 0.3 is 0 Å². The lowest BCUT2D eigenvalue weighted by Crippen LogP contribution is -2.27. The Balaban J connectivity index is 0.000000209. The van der Waals surface area contributed by atoms with Gasteiger partial charge in [-0.25, -0.2) is 0 Å². The van der Waals surface area contributed by atoms with Crippen molar-refractivity contribution in [2.45, 2.75) is 0 Å². The van der Waals surface area contributed by atoms with Gasteiger partial charge in [0.05, 0.1) is 16.5 Å². The van der Waals surface area contributed by atoms with Crippen LogP contribution in [0, 0.1) is 20.2 Å². The third-order valence-electron chi connectivity index (χ3n) is 3.21. The zero-order chi connectivity index (χ0) is 20.4. The summed E-state index contributed by atoms with van der Waals surface area (Å²) in [5.74, 6) is 1.31. The van der Waals surface area contributed by atoms with Crippen molar-refractivity contribution in [3.63, 3.8) is 0 Å². The van der Waals surface area contributed by atoms with Crippen LogP contribution in [-0.4, -0.2) is 40.3 Å². The van der Waals surface area contributed by atoms with Crippen LogP contribution in [0.3, 0.4) is 0 Å². The summed E-state index contributed by atoms with van der Waals surface area (Å²) in [5, 5.41) is 36.7. The molecule has 12 heteroatoms. The van der Waals surface area contributed by atoms with Crippen LogP contribution in [0.2, 0.25) is 0 Å². The minimum Gasteiger partial charge on any atom is -0.491 e. The van der Waals surface area contributed by atoms with Crippen LogP contribution in [-0.2, 0) is 0 Å². The average Bonchev–Trinajstić information content (AvgIpc) is 2.73. The number of nitro benzene ring substituents is 2. The van der Waals surface area contributed by atoms with E-state index in [2.05, 4.69) is 21.1 Å².